The molecule has 3 rings (SSSR count). The summed E-state index contributed by atoms with van der Waals surface area (Å²) in [7, 11) is 0. The molecular formula is C20H19F5N4O2. The predicted octanol–water partition coefficient (Wildman–Crippen LogP) is 4.01. The van der Waals surface area contributed by atoms with Crippen molar-refractivity contribution in [2.24, 2.45) is 10.7 Å². The van der Waals surface area contributed by atoms with E-state index in [1.807, 2.05) is 0 Å². The number of benzene rings is 1. The zero-order chi connectivity index (χ0) is 22.6. The molecule has 1 aliphatic heterocycles. The van der Waals surface area contributed by atoms with Gasteiger partial charge in [0.05, 0.1) is 6.61 Å². The van der Waals surface area contributed by atoms with Gasteiger partial charge >= 0.3 is 0 Å². The lowest BCUT2D eigenvalue weighted by molar-refractivity contribution is 0.0190. The predicted molar refractivity (Wildman–Crippen MR) is 106 cm³/mol. The molecule has 3 N–H and O–H groups in total. The molecule has 2 aromatic rings. The largest absolute Gasteiger partial charge is 0.484 e. The maximum Gasteiger partial charge on any atom is 0.272 e. The van der Waals surface area contributed by atoms with Crippen molar-refractivity contribution < 1.29 is 31.4 Å². The van der Waals surface area contributed by atoms with E-state index >= 15 is 0 Å². The molecule has 31 heavy (non-hydrogen) atoms. The van der Waals surface area contributed by atoms with Crippen LogP contribution >= 0.6 is 0 Å². The summed E-state index contributed by atoms with van der Waals surface area (Å²) >= 11 is 0. The topological polar surface area (TPSA) is 81.8 Å². The number of hydrogen-bond donors (Lipinski definition) is 2. The highest BCUT2D eigenvalue weighted by atomic mass is 19.3. The minimum atomic E-state index is -3.06. The number of amidine groups is 1. The molecule has 1 aromatic carbocycles. The Hall–Kier alpha value is -3.21. The fourth-order valence-electron chi connectivity index (χ4n) is 2.99. The van der Waals surface area contributed by atoms with Gasteiger partial charge < -0.3 is 20.5 Å². The Balaban J connectivity index is 1.93. The number of pyridine rings is 1. The molecule has 1 aliphatic rings. The van der Waals surface area contributed by atoms with Crippen LogP contribution in [0.15, 0.2) is 48.1 Å². The Bertz CT molecular complexity index is 986. The summed E-state index contributed by atoms with van der Waals surface area (Å²) in [6, 6.07) is 6.50. The minimum absolute atomic E-state index is 0.0367. The van der Waals surface area contributed by atoms with E-state index in [9.17, 15) is 22.0 Å². The number of nitrogens with zero attached hydrogens (tertiary/aromatic N) is 2. The summed E-state index contributed by atoms with van der Waals surface area (Å²) in [5.74, 6) is -0.852. The van der Waals surface area contributed by atoms with E-state index in [0.29, 0.717) is 0 Å². The number of alkyl halides is 4. The smallest absolute Gasteiger partial charge is 0.272 e. The third kappa shape index (κ3) is 4.93. The van der Waals surface area contributed by atoms with Crippen molar-refractivity contribution in [2.45, 2.75) is 18.4 Å². The first-order chi connectivity index (χ1) is 14.7. The van der Waals surface area contributed by atoms with E-state index in [4.69, 9.17) is 15.2 Å². The van der Waals surface area contributed by atoms with Crippen molar-refractivity contribution in [3.8, 4) is 5.75 Å². The van der Waals surface area contributed by atoms with E-state index in [1.165, 1.54) is 30.5 Å². The second kappa shape index (κ2) is 9.29. The van der Waals surface area contributed by atoms with Crippen LogP contribution in [-0.2, 0) is 4.74 Å². The van der Waals surface area contributed by atoms with Crippen LogP contribution in [0.4, 0.5) is 33.5 Å². The molecule has 1 aromatic heterocycles. The number of ether oxygens (including phenoxy) is 2. The van der Waals surface area contributed by atoms with Crippen LogP contribution in [0.2, 0.25) is 0 Å². The highest BCUT2D eigenvalue weighted by Crippen LogP contribution is 2.39. The van der Waals surface area contributed by atoms with Crippen LogP contribution in [0.5, 0.6) is 5.75 Å². The minimum Gasteiger partial charge on any atom is -0.484 e. The first-order valence-corrected chi connectivity index (χ1v) is 9.05. The average molecular weight is 442 g/mol. The molecule has 11 heteroatoms. The fraction of sp³-hybridized carbons (Fsp3) is 0.300. The lowest BCUT2D eigenvalue weighted by Crippen LogP contribution is -2.47. The number of hydrogen-bond acceptors (Lipinski definition) is 6. The van der Waals surface area contributed by atoms with Crippen LogP contribution in [0.3, 0.4) is 0 Å². The molecule has 0 fully saturated rings. The van der Waals surface area contributed by atoms with Crippen molar-refractivity contribution >= 4 is 22.9 Å². The van der Waals surface area contributed by atoms with Crippen LogP contribution in [0.25, 0.3) is 5.57 Å². The second-order valence-electron chi connectivity index (χ2n) is 6.67. The number of aliphatic imine (C=N–C) groups is 1. The van der Waals surface area contributed by atoms with Gasteiger partial charge in [0.1, 0.15) is 24.9 Å². The number of nitrogens with two attached hydrogens (primary N) is 1. The lowest BCUT2D eigenvalue weighted by atomic mass is 9.86. The third-order valence-electron chi connectivity index (χ3n) is 4.49. The normalized spacial score (nSPS) is 18.7. The molecule has 0 radical (unpaired) electrons. The Labute approximate surface area is 174 Å². The number of anilines is 2. The van der Waals surface area contributed by atoms with Gasteiger partial charge in [0.25, 0.3) is 12.9 Å². The number of rotatable bonds is 8. The molecule has 0 bridgehead atoms. The summed E-state index contributed by atoms with van der Waals surface area (Å²) < 4.78 is 77.5. The van der Waals surface area contributed by atoms with Gasteiger partial charge in [-0.2, -0.15) is 0 Å². The number of aromatic nitrogens is 1. The van der Waals surface area contributed by atoms with Crippen LogP contribution < -0.4 is 15.8 Å². The van der Waals surface area contributed by atoms with Gasteiger partial charge in [-0.3, -0.25) is 4.99 Å². The molecule has 166 valence electrons. The second-order valence-corrected chi connectivity index (χ2v) is 6.67. The van der Waals surface area contributed by atoms with E-state index in [2.05, 4.69) is 21.9 Å². The van der Waals surface area contributed by atoms with Gasteiger partial charge in [0, 0.05) is 17.4 Å². The number of halogens is 5. The van der Waals surface area contributed by atoms with Crippen molar-refractivity contribution in [2.75, 3.05) is 25.1 Å². The standard InChI is InChI=1S/C20H19F5N4O2/c1-11(20(19(24)25)10-30-9-17(26)29-20)13-7-12(4-5-14(13)21)28-18-15(3-2-6-27-18)31-8-16(22)23/h2-7,16,19H,1,8-10H2,(H2,26,29)(H,27,28). The third-order valence-corrected chi connectivity index (χ3v) is 4.49. The summed E-state index contributed by atoms with van der Waals surface area (Å²) in [4.78, 5) is 7.84. The van der Waals surface area contributed by atoms with E-state index in [0.717, 1.165) is 6.07 Å². The fourth-order valence-corrected chi connectivity index (χ4v) is 2.99. The molecule has 0 amide bonds. The summed E-state index contributed by atoms with van der Waals surface area (Å²) in [5.41, 5.74) is 3.01. The molecule has 1 unspecified atom stereocenters. The average Bonchev–Trinajstić information content (AvgIpc) is 2.73. The molecule has 6 nitrogen and oxygen atoms in total. The molecule has 0 saturated carbocycles. The maximum atomic E-state index is 14.6. The molecule has 0 saturated heterocycles. The summed E-state index contributed by atoms with van der Waals surface area (Å²) in [5, 5.41) is 2.80. The van der Waals surface area contributed by atoms with Crippen molar-refractivity contribution in [1.82, 2.24) is 4.98 Å². The van der Waals surface area contributed by atoms with Gasteiger partial charge in [-0.25, -0.2) is 26.9 Å². The monoisotopic (exact) mass is 442 g/mol. The van der Waals surface area contributed by atoms with Gasteiger partial charge in [0.15, 0.2) is 17.1 Å². The Morgan fingerprint density at radius 3 is 2.74 bits per heavy atom. The zero-order valence-corrected chi connectivity index (χ0v) is 16.1. The molecule has 0 aliphatic carbocycles. The zero-order valence-electron chi connectivity index (χ0n) is 16.1. The first kappa shape index (κ1) is 22.5. The van der Waals surface area contributed by atoms with Crippen molar-refractivity contribution in [3.05, 3.63) is 54.5 Å². The van der Waals surface area contributed by atoms with Crippen molar-refractivity contribution in [3.63, 3.8) is 0 Å². The van der Waals surface area contributed by atoms with E-state index in [1.54, 1.807) is 0 Å². The number of nitrogens with one attached hydrogen (secondary N) is 1. The Morgan fingerprint density at radius 2 is 2.06 bits per heavy atom. The van der Waals surface area contributed by atoms with Gasteiger partial charge in [-0.05, 0) is 35.9 Å². The Kier molecular flexibility index (Phi) is 6.74. The van der Waals surface area contributed by atoms with Gasteiger partial charge in [-0.1, -0.05) is 6.58 Å². The summed E-state index contributed by atoms with van der Waals surface area (Å²) in [6.07, 6.45) is -4.35. The van der Waals surface area contributed by atoms with E-state index < -0.39 is 37.4 Å². The summed E-state index contributed by atoms with van der Waals surface area (Å²) in [6.45, 7) is 2.15. The maximum absolute atomic E-state index is 14.6. The highest BCUT2D eigenvalue weighted by molar-refractivity contribution is 5.86. The Morgan fingerprint density at radius 1 is 1.29 bits per heavy atom. The van der Waals surface area contributed by atoms with Gasteiger partial charge in [0.2, 0.25) is 0 Å². The molecule has 2 heterocycles. The quantitative estimate of drug-likeness (QED) is 0.604. The first-order valence-electron chi connectivity index (χ1n) is 9.05. The molecule has 1 atom stereocenters. The van der Waals surface area contributed by atoms with Crippen LogP contribution in [0.1, 0.15) is 5.56 Å². The van der Waals surface area contributed by atoms with Crippen LogP contribution in [-0.4, -0.2) is 49.0 Å². The van der Waals surface area contributed by atoms with Crippen molar-refractivity contribution in [1.29, 1.82) is 0 Å². The van der Waals surface area contributed by atoms with Crippen LogP contribution in [0, 0.1) is 5.82 Å². The highest BCUT2D eigenvalue weighted by Gasteiger charge is 2.46. The molecular weight excluding hydrogens is 423 g/mol. The molecule has 0 spiro atoms. The lowest BCUT2D eigenvalue weighted by Gasteiger charge is -2.34. The van der Waals surface area contributed by atoms with Gasteiger partial charge in [-0.15, -0.1) is 0 Å². The SMILES string of the molecule is C=C(c1cc(Nc2ncccc2OCC(F)F)ccc1F)C1(C(F)F)COCC(N)=N1. The van der Waals surface area contributed by atoms with E-state index in [-0.39, 0.29) is 40.8 Å².